The predicted octanol–water partition coefficient (Wildman–Crippen LogP) is 0.994. The van der Waals surface area contributed by atoms with Crippen LogP contribution in [0.5, 0.6) is 5.75 Å². The summed E-state index contributed by atoms with van der Waals surface area (Å²) in [5, 5.41) is 0. The second-order valence-corrected chi connectivity index (χ2v) is 6.11. The molecule has 1 aromatic carbocycles. The van der Waals surface area contributed by atoms with Gasteiger partial charge in [0.15, 0.2) is 0 Å². The maximum absolute atomic E-state index is 11.7. The molecule has 1 aromatic rings. The first-order valence-corrected chi connectivity index (χ1v) is 8.22. The molecule has 0 bridgehead atoms. The smallest absolute Gasteiger partial charge is 0.214 e. The van der Waals surface area contributed by atoms with Crippen LogP contribution in [-0.4, -0.2) is 40.5 Å². The molecule has 0 radical (unpaired) electrons. The summed E-state index contributed by atoms with van der Waals surface area (Å²) in [4.78, 5) is 0. The van der Waals surface area contributed by atoms with E-state index in [2.05, 4.69) is 4.72 Å². The van der Waals surface area contributed by atoms with E-state index in [1.54, 1.807) is 24.3 Å². The van der Waals surface area contributed by atoms with Gasteiger partial charge in [0.1, 0.15) is 12.4 Å². The Hall–Kier alpha value is -1.31. The topological polar surface area (TPSA) is 90.6 Å². The van der Waals surface area contributed by atoms with E-state index in [1.807, 2.05) is 6.92 Å². The summed E-state index contributed by atoms with van der Waals surface area (Å²) < 4.78 is 36.3. The number of anilines is 1. The van der Waals surface area contributed by atoms with Crippen LogP contribution in [0.4, 0.5) is 5.69 Å². The first kappa shape index (κ1) is 16.7. The molecular formula is C13H22N2O4S. The second kappa shape index (κ2) is 8.78. The van der Waals surface area contributed by atoms with Crippen molar-refractivity contribution in [1.82, 2.24) is 4.72 Å². The summed E-state index contributed by atoms with van der Waals surface area (Å²) in [6.45, 7) is 3.58. The average Bonchev–Trinajstić information content (AvgIpc) is 2.40. The van der Waals surface area contributed by atoms with Gasteiger partial charge in [-0.3, -0.25) is 0 Å². The van der Waals surface area contributed by atoms with Crippen molar-refractivity contribution >= 4 is 15.7 Å². The fourth-order valence-corrected chi connectivity index (χ4v) is 2.35. The maximum atomic E-state index is 11.7. The van der Waals surface area contributed by atoms with Crippen molar-refractivity contribution in [3.05, 3.63) is 24.3 Å². The number of hydrogen-bond acceptors (Lipinski definition) is 5. The summed E-state index contributed by atoms with van der Waals surface area (Å²) in [6.07, 6.45) is 0.659. The van der Waals surface area contributed by atoms with Gasteiger partial charge in [-0.1, -0.05) is 0 Å². The molecular weight excluding hydrogens is 280 g/mol. The third kappa shape index (κ3) is 7.32. The molecule has 0 aliphatic heterocycles. The number of benzene rings is 1. The fourth-order valence-electron chi connectivity index (χ4n) is 1.45. The molecule has 0 spiro atoms. The summed E-state index contributed by atoms with van der Waals surface area (Å²) in [5.74, 6) is 0.525. The van der Waals surface area contributed by atoms with E-state index < -0.39 is 10.0 Å². The quantitative estimate of drug-likeness (QED) is 0.497. The minimum Gasteiger partial charge on any atom is -0.492 e. The highest BCUT2D eigenvalue weighted by Crippen LogP contribution is 2.12. The van der Waals surface area contributed by atoms with Crippen LogP contribution >= 0.6 is 0 Å². The lowest BCUT2D eigenvalue weighted by atomic mass is 10.3. The van der Waals surface area contributed by atoms with Crippen molar-refractivity contribution in [2.45, 2.75) is 13.3 Å². The van der Waals surface area contributed by atoms with E-state index in [0.29, 0.717) is 37.6 Å². The van der Waals surface area contributed by atoms with Crippen LogP contribution in [0.1, 0.15) is 13.3 Å². The van der Waals surface area contributed by atoms with Crippen LogP contribution < -0.4 is 15.2 Å². The van der Waals surface area contributed by atoms with Gasteiger partial charge in [0.25, 0.3) is 0 Å². The molecule has 0 heterocycles. The molecule has 0 aromatic heterocycles. The van der Waals surface area contributed by atoms with Crippen LogP contribution in [0.25, 0.3) is 0 Å². The number of hydrogen-bond donors (Lipinski definition) is 2. The Morgan fingerprint density at radius 1 is 1.20 bits per heavy atom. The minimum atomic E-state index is -3.30. The van der Waals surface area contributed by atoms with Gasteiger partial charge in [-0.25, -0.2) is 13.1 Å². The highest BCUT2D eigenvalue weighted by molar-refractivity contribution is 7.89. The molecule has 20 heavy (non-hydrogen) atoms. The highest BCUT2D eigenvalue weighted by atomic mass is 32.2. The Morgan fingerprint density at radius 3 is 2.55 bits per heavy atom. The van der Waals surface area contributed by atoms with Gasteiger partial charge < -0.3 is 15.2 Å². The second-order valence-electron chi connectivity index (χ2n) is 4.18. The van der Waals surface area contributed by atoms with Crippen LogP contribution in [0, 0.1) is 0 Å². The van der Waals surface area contributed by atoms with Crippen molar-refractivity contribution < 1.29 is 17.9 Å². The summed E-state index contributed by atoms with van der Waals surface area (Å²) in [5.41, 5.74) is 6.18. The van der Waals surface area contributed by atoms with E-state index in [4.69, 9.17) is 15.2 Å². The van der Waals surface area contributed by atoms with Gasteiger partial charge in [-0.15, -0.1) is 0 Å². The van der Waals surface area contributed by atoms with Gasteiger partial charge in [0.2, 0.25) is 10.0 Å². The predicted molar refractivity (Wildman–Crippen MR) is 79.2 cm³/mol. The zero-order valence-electron chi connectivity index (χ0n) is 11.7. The van der Waals surface area contributed by atoms with Gasteiger partial charge in [0, 0.05) is 25.4 Å². The Kier molecular flexibility index (Phi) is 7.35. The molecule has 0 aliphatic carbocycles. The Bertz CT molecular complexity index is 474. The SMILES string of the molecule is CCOCCCNS(=O)(=O)CCOc1ccc(N)cc1. The van der Waals surface area contributed by atoms with Gasteiger partial charge >= 0.3 is 0 Å². The van der Waals surface area contributed by atoms with Crippen LogP contribution in [0.2, 0.25) is 0 Å². The fraction of sp³-hybridized carbons (Fsp3) is 0.538. The van der Waals surface area contributed by atoms with Crippen molar-refractivity contribution in [2.75, 3.05) is 37.9 Å². The minimum absolute atomic E-state index is 0.0774. The molecule has 0 fully saturated rings. The molecule has 0 unspecified atom stereocenters. The van der Waals surface area contributed by atoms with Gasteiger partial charge in [-0.2, -0.15) is 0 Å². The first-order chi connectivity index (χ1) is 9.53. The largest absolute Gasteiger partial charge is 0.492 e. The van der Waals surface area contributed by atoms with Crippen LogP contribution in [0.3, 0.4) is 0 Å². The average molecular weight is 302 g/mol. The molecule has 0 atom stereocenters. The van der Waals surface area contributed by atoms with Gasteiger partial charge in [-0.05, 0) is 37.6 Å². The molecule has 0 amide bonds. The third-order valence-corrected chi connectivity index (χ3v) is 3.84. The lowest BCUT2D eigenvalue weighted by Gasteiger charge is -2.08. The number of nitrogens with two attached hydrogens (primary N) is 1. The highest BCUT2D eigenvalue weighted by Gasteiger charge is 2.09. The molecule has 3 N–H and O–H groups in total. The lowest BCUT2D eigenvalue weighted by molar-refractivity contribution is 0.146. The molecule has 0 saturated heterocycles. The van der Waals surface area contributed by atoms with Crippen molar-refractivity contribution in [3.63, 3.8) is 0 Å². The molecule has 0 aliphatic rings. The number of nitrogen functional groups attached to an aromatic ring is 1. The zero-order chi connectivity index (χ0) is 14.8. The molecule has 6 nitrogen and oxygen atoms in total. The summed E-state index contributed by atoms with van der Waals surface area (Å²) in [7, 11) is -3.30. The lowest BCUT2D eigenvalue weighted by Crippen LogP contribution is -2.30. The third-order valence-electron chi connectivity index (χ3n) is 2.49. The van der Waals surface area contributed by atoms with E-state index in [9.17, 15) is 8.42 Å². The van der Waals surface area contributed by atoms with E-state index in [-0.39, 0.29) is 12.4 Å². The summed E-state index contributed by atoms with van der Waals surface area (Å²) >= 11 is 0. The monoisotopic (exact) mass is 302 g/mol. The number of nitrogens with one attached hydrogen (secondary N) is 1. The first-order valence-electron chi connectivity index (χ1n) is 6.57. The van der Waals surface area contributed by atoms with Crippen molar-refractivity contribution in [1.29, 1.82) is 0 Å². The standard InChI is InChI=1S/C13H22N2O4S/c1-2-18-9-3-8-15-20(16,17)11-10-19-13-6-4-12(14)5-7-13/h4-7,15H,2-3,8-11,14H2,1H3. The van der Waals surface area contributed by atoms with E-state index >= 15 is 0 Å². The van der Waals surface area contributed by atoms with Crippen LogP contribution in [0.15, 0.2) is 24.3 Å². The number of rotatable bonds is 10. The van der Waals surface area contributed by atoms with Gasteiger partial charge in [0.05, 0.1) is 5.75 Å². The maximum Gasteiger partial charge on any atom is 0.214 e. The molecule has 7 heteroatoms. The Balaban J connectivity index is 2.20. The number of ether oxygens (including phenoxy) is 2. The van der Waals surface area contributed by atoms with Crippen LogP contribution in [-0.2, 0) is 14.8 Å². The van der Waals surface area contributed by atoms with Crippen molar-refractivity contribution in [3.8, 4) is 5.75 Å². The number of sulfonamides is 1. The normalized spacial score (nSPS) is 11.4. The molecule has 114 valence electrons. The van der Waals surface area contributed by atoms with E-state index in [1.165, 1.54) is 0 Å². The van der Waals surface area contributed by atoms with Crippen molar-refractivity contribution in [2.24, 2.45) is 0 Å². The summed E-state index contributed by atoms with van der Waals surface area (Å²) in [6, 6.07) is 6.82. The van der Waals surface area contributed by atoms with E-state index in [0.717, 1.165) is 0 Å². The molecule has 0 saturated carbocycles. The molecule has 1 rings (SSSR count). The zero-order valence-corrected chi connectivity index (χ0v) is 12.5. The Labute approximate surface area is 120 Å². The Morgan fingerprint density at radius 2 is 1.90 bits per heavy atom.